The number of nitrogens with zero attached hydrogens (tertiary/aromatic N) is 2. The molecule has 0 radical (unpaired) electrons. The quantitative estimate of drug-likeness (QED) is 0.911. The third-order valence-corrected chi connectivity index (χ3v) is 4.97. The molecule has 2 N–H and O–H groups in total. The van der Waals surface area contributed by atoms with Gasteiger partial charge in [0.1, 0.15) is 0 Å². The molecule has 0 saturated carbocycles. The maximum Gasteiger partial charge on any atom is 0.0233 e. The lowest BCUT2D eigenvalue weighted by Crippen LogP contribution is -2.48. The third kappa shape index (κ3) is 3.22. The van der Waals surface area contributed by atoms with Gasteiger partial charge in [-0.1, -0.05) is 30.3 Å². The van der Waals surface area contributed by atoms with Gasteiger partial charge in [-0.3, -0.25) is 9.80 Å². The van der Waals surface area contributed by atoms with Gasteiger partial charge in [-0.05, 0) is 50.9 Å². The van der Waals surface area contributed by atoms with Crippen LogP contribution in [-0.4, -0.2) is 48.1 Å². The monoisotopic (exact) mass is 273 g/mol. The number of rotatable bonds is 4. The standard InChI is InChI=1S/C17H27N3/c18-13-17-7-4-10-20(17)16-8-11-19(12-9-16)14-15-5-2-1-3-6-15/h1-3,5-6,16-17H,4,7-14,18H2. The zero-order chi connectivity index (χ0) is 13.8. The molecule has 2 saturated heterocycles. The van der Waals surface area contributed by atoms with Gasteiger partial charge in [0.05, 0.1) is 0 Å². The van der Waals surface area contributed by atoms with E-state index < -0.39 is 0 Å². The van der Waals surface area contributed by atoms with Crippen LogP contribution >= 0.6 is 0 Å². The predicted octanol–water partition coefficient (Wildman–Crippen LogP) is 2.07. The van der Waals surface area contributed by atoms with Gasteiger partial charge in [-0.15, -0.1) is 0 Å². The number of nitrogens with two attached hydrogens (primary N) is 1. The molecule has 0 aromatic heterocycles. The van der Waals surface area contributed by atoms with Crippen LogP contribution in [0.25, 0.3) is 0 Å². The molecule has 3 nitrogen and oxygen atoms in total. The Labute approximate surface area is 122 Å². The molecule has 0 bridgehead atoms. The maximum atomic E-state index is 5.91. The number of benzene rings is 1. The number of hydrogen-bond acceptors (Lipinski definition) is 3. The van der Waals surface area contributed by atoms with Gasteiger partial charge in [0.15, 0.2) is 0 Å². The third-order valence-electron chi connectivity index (χ3n) is 4.97. The van der Waals surface area contributed by atoms with E-state index >= 15 is 0 Å². The zero-order valence-electron chi connectivity index (χ0n) is 12.4. The van der Waals surface area contributed by atoms with Crippen molar-refractivity contribution < 1.29 is 0 Å². The minimum atomic E-state index is 0.653. The van der Waals surface area contributed by atoms with Crippen molar-refractivity contribution in [1.82, 2.24) is 9.80 Å². The summed E-state index contributed by atoms with van der Waals surface area (Å²) in [6.45, 7) is 5.67. The minimum absolute atomic E-state index is 0.653. The Kier molecular flexibility index (Phi) is 4.71. The van der Waals surface area contributed by atoms with Gasteiger partial charge in [0.25, 0.3) is 0 Å². The molecule has 1 unspecified atom stereocenters. The molecular formula is C17H27N3. The summed E-state index contributed by atoms with van der Waals surface area (Å²) in [5.74, 6) is 0. The lowest BCUT2D eigenvalue weighted by Gasteiger charge is -2.39. The highest BCUT2D eigenvalue weighted by molar-refractivity contribution is 5.14. The number of hydrogen-bond donors (Lipinski definition) is 1. The fourth-order valence-corrected chi connectivity index (χ4v) is 3.84. The molecule has 2 fully saturated rings. The Morgan fingerprint density at radius 3 is 2.45 bits per heavy atom. The highest BCUT2D eigenvalue weighted by atomic mass is 15.2. The summed E-state index contributed by atoms with van der Waals surface area (Å²) in [7, 11) is 0. The van der Waals surface area contributed by atoms with Gasteiger partial charge in [0.2, 0.25) is 0 Å². The lowest BCUT2D eigenvalue weighted by atomic mass is 10.0. The molecule has 20 heavy (non-hydrogen) atoms. The van der Waals surface area contributed by atoms with Crippen molar-refractivity contribution >= 4 is 0 Å². The van der Waals surface area contributed by atoms with Gasteiger partial charge < -0.3 is 5.73 Å². The Morgan fingerprint density at radius 1 is 1.00 bits per heavy atom. The highest BCUT2D eigenvalue weighted by Crippen LogP contribution is 2.25. The Bertz CT molecular complexity index is 398. The first kappa shape index (κ1) is 14.1. The van der Waals surface area contributed by atoms with Crippen LogP contribution in [0.4, 0.5) is 0 Å². The topological polar surface area (TPSA) is 32.5 Å². The summed E-state index contributed by atoms with van der Waals surface area (Å²) in [5.41, 5.74) is 7.35. The fraction of sp³-hybridized carbons (Fsp3) is 0.647. The fourth-order valence-electron chi connectivity index (χ4n) is 3.84. The smallest absolute Gasteiger partial charge is 0.0233 e. The van der Waals surface area contributed by atoms with Crippen LogP contribution in [-0.2, 0) is 6.54 Å². The van der Waals surface area contributed by atoms with E-state index in [0.29, 0.717) is 6.04 Å². The van der Waals surface area contributed by atoms with Crippen LogP contribution in [0.5, 0.6) is 0 Å². The molecule has 110 valence electrons. The van der Waals surface area contributed by atoms with Gasteiger partial charge in [-0.25, -0.2) is 0 Å². The average Bonchev–Trinajstić information content (AvgIpc) is 2.98. The summed E-state index contributed by atoms with van der Waals surface area (Å²) < 4.78 is 0. The molecule has 3 rings (SSSR count). The van der Waals surface area contributed by atoms with Gasteiger partial charge >= 0.3 is 0 Å². The second kappa shape index (κ2) is 6.70. The largest absolute Gasteiger partial charge is 0.329 e. The summed E-state index contributed by atoms with van der Waals surface area (Å²) in [5, 5.41) is 0. The molecule has 0 spiro atoms. The lowest BCUT2D eigenvalue weighted by molar-refractivity contribution is 0.0975. The summed E-state index contributed by atoms with van der Waals surface area (Å²) in [6.07, 6.45) is 5.26. The molecule has 1 aromatic carbocycles. The second-order valence-electron chi connectivity index (χ2n) is 6.26. The Balaban J connectivity index is 1.49. The first-order valence-corrected chi connectivity index (χ1v) is 8.09. The zero-order valence-corrected chi connectivity index (χ0v) is 12.4. The van der Waals surface area contributed by atoms with Crippen molar-refractivity contribution in [2.45, 2.75) is 44.3 Å². The van der Waals surface area contributed by atoms with Crippen molar-refractivity contribution in [2.75, 3.05) is 26.2 Å². The molecule has 2 heterocycles. The van der Waals surface area contributed by atoms with Crippen molar-refractivity contribution in [3.05, 3.63) is 35.9 Å². The molecule has 1 aromatic rings. The molecule has 3 heteroatoms. The average molecular weight is 273 g/mol. The molecule has 2 aliphatic heterocycles. The Hall–Kier alpha value is -0.900. The number of likely N-dealkylation sites (tertiary alicyclic amines) is 2. The second-order valence-corrected chi connectivity index (χ2v) is 6.26. The van der Waals surface area contributed by atoms with E-state index in [0.717, 1.165) is 19.1 Å². The van der Waals surface area contributed by atoms with Gasteiger partial charge in [0, 0.05) is 25.2 Å². The van der Waals surface area contributed by atoms with Crippen LogP contribution in [0, 0.1) is 0 Å². The van der Waals surface area contributed by atoms with Crippen molar-refractivity contribution in [1.29, 1.82) is 0 Å². The van der Waals surface area contributed by atoms with E-state index in [-0.39, 0.29) is 0 Å². The normalized spacial score (nSPS) is 26.1. The first-order chi connectivity index (χ1) is 9.86. The van der Waals surface area contributed by atoms with E-state index in [4.69, 9.17) is 5.73 Å². The number of piperidine rings is 1. The van der Waals surface area contributed by atoms with Crippen LogP contribution in [0.1, 0.15) is 31.2 Å². The van der Waals surface area contributed by atoms with Gasteiger partial charge in [-0.2, -0.15) is 0 Å². The maximum absolute atomic E-state index is 5.91. The Morgan fingerprint density at radius 2 is 1.75 bits per heavy atom. The molecule has 2 aliphatic rings. The van der Waals surface area contributed by atoms with E-state index in [1.54, 1.807) is 0 Å². The molecule has 0 amide bonds. The first-order valence-electron chi connectivity index (χ1n) is 8.09. The summed E-state index contributed by atoms with van der Waals surface area (Å²) >= 11 is 0. The van der Waals surface area contributed by atoms with Crippen LogP contribution in [0.3, 0.4) is 0 Å². The van der Waals surface area contributed by atoms with Crippen LogP contribution in [0.2, 0.25) is 0 Å². The highest BCUT2D eigenvalue weighted by Gasteiger charge is 2.31. The summed E-state index contributed by atoms with van der Waals surface area (Å²) in [4.78, 5) is 5.29. The SMILES string of the molecule is NCC1CCCN1C1CCN(Cc2ccccc2)CC1. The van der Waals surface area contributed by atoms with E-state index in [1.807, 2.05) is 0 Å². The van der Waals surface area contributed by atoms with E-state index in [1.165, 1.54) is 50.9 Å². The van der Waals surface area contributed by atoms with E-state index in [2.05, 4.69) is 40.1 Å². The van der Waals surface area contributed by atoms with Crippen molar-refractivity contribution in [3.63, 3.8) is 0 Å². The van der Waals surface area contributed by atoms with E-state index in [9.17, 15) is 0 Å². The van der Waals surface area contributed by atoms with Crippen molar-refractivity contribution in [3.8, 4) is 0 Å². The minimum Gasteiger partial charge on any atom is -0.329 e. The summed E-state index contributed by atoms with van der Waals surface area (Å²) in [6, 6.07) is 12.3. The molecule has 1 atom stereocenters. The van der Waals surface area contributed by atoms with Crippen LogP contribution in [0.15, 0.2) is 30.3 Å². The van der Waals surface area contributed by atoms with Crippen LogP contribution < -0.4 is 5.73 Å². The van der Waals surface area contributed by atoms with Crippen molar-refractivity contribution in [2.24, 2.45) is 5.73 Å². The molecular weight excluding hydrogens is 246 g/mol. The molecule has 0 aliphatic carbocycles. The predicted molar refractivity (Wildman–Crippen MR) is 83.5 cm³/mol.